The van der Waals surface area contributed by atoms with Crippen molar-refractivity contribution in [2.75, 3.05) is 25.9 Å². The van der Waals surface area contributed by atoms with Crippen molar-refractivity contribution in [2.24, 2.45) is 16.6 Å². The minimum absolute atomic E-state index is 0.123. The number of nitrogens with one attached hydrogen (secondary N) is 1. The number of likely N-dealkylation sites (tertiary alicyclic amines) is 1. The number of alkyl halides is 3. The molecule has 12 heteroatoms. The molecule has 0 bridgehead atoms. The summed E-state index contributed by atoms with van der Waals surface area (Å²) in [6.45, 7) is 4.16. The standard InChI is InChI=1S/C21H30F3N7O2/c1-12-15(17(26)30-20(29-12)21(22,23)24)5-4-14-7-10-31(11-8-14)19(33)13(2)28-18(32)16(27-3)6-9-25/h6,9,13-14H,4-5,7-8,10-11,25H2,1-3H3,(H,28,32)(H2,26,29,30). The van der Waals surface area contributed by atoms with E-state index in [0.717, 1.165) is 12.8 Å². The maximum absolute atomic E-state index is 12.8. The van der Waals surface area contributed by atoms with Crippen molar-refractivity contribution in [3.05, 3.63) is 29.4 Å². The molecule has 1 atom stereocenters. The van der Waals surface area contributed by atoms with Gasteiger partial charge in [0.15, 0.2) is 0 Å². The zero-order valence-electron chi connectivity index (χ0n) is 18.9. The number of nitrogens with zero attached hydrogens (tertiary/aromatic N) is 4. The van der Waals surface area contributed by atoms with Gasteiger partial charge in [0.2, 0.25) is 11.7 Å². The number of hydrogen-bond acceptors (Lipinski definition) is 7. The van der Waals surface area contributed by atoms with Crippen molar-refractivity contribution in [2.45, 2.75) is 51.7 Å². The third-order valence-corrected chi connectivity index (χ3v) is 5.67. The number of hydrogen-bond donors (Lipinski definition) is 3. The molecular weight excluding hydrogens is 439 g/mol. The van der Waals surface area contributed by atoms with Crippen LogP contribution in [0.5, 0.6) is 0 Å². The highest BCUT2D eigenvalue weighted by Crippen LogP contribution is 2.30. The number of halogens is 3. The Balaban J connectivity index is 1.88. The quantitative estimate of drug-likeness (QED) is 0.519. The summed E-state index contributed by atoms with van der Waals surface area (Å²) < 4.78 is 38.5. The number of aromatic nitrogens is 2. The SMILES string of the molecule is CN=C(C=CN)C(=O)NC(C)C(=O)N1CCC(CCc2c(C)nc(C(F)(F)F)nc2N)CC1. The lowest BCUT2D eigenvalue weighted by atomic mass is 9.90. The van der Waals surface area contributed by atoms with Gasteiger partial charge in [0.25, 0.3) is 5.91 Å². The number of amides is 2. The molecule has 182 valence electrons. The van der Waals surface area contributed by atoms with Crippen molar-refractivity contribution in [3.63, 3.8) is 0 Å². The summed E-state index contributed by atoms with van der Waals surface area (Å²) in [5, 5.41) is 2.62. The highest BCUT2D eigenvalue weighted by atomic mass is 19.4. The molecule has 9 nitrogen and oxygen atoms in total. The molecule has 1 aliphatic heterocycles. The maximum Gasteiger partial charge on any atom is 0.451 e. The Hall–Kier alpha value is -3.18. The summed E-state index contributed by atoms with van der Waals surface area (Å²) in [6, 6.07) is -0.719. The van der Waals surface area contributed by atoms with Gasteiger partial charge in [0.05, 0.1) is 0 Å². The molecule has 1 aliphatic rings. The Morgan fingerprint density at radius 1 is 1.30 bits per heavy atom. The van der Waals surface area contributed by atoms with Crippen LogP contribution in [0, 0.1) is 12.8 Å². The lowest BCUT2D eigenvalue weighted by molar-refractivity contribution is -0.145. The van der Waals surface area contributed by atoms with Gasteiger partial charge in [-0.15, -0.1) is 0 Å². The fourth-order valence-electron chi connectivity index (χ4n) is 3.79. The number of aryl methyl sites for hydroxylation is 1. The number of carbonyl (C=O) groups excluding carboxylic acids is 2. The topological polar surface area (TPSA) is 140 Å². The number of nitrogens with two attached hydrogens (primary N) is 2. The predicted octanol–water partition coefficient (Wildman–Crippen LogP) is 1.61. The van der Waals surface area contributed by atoms with Crippen molar-refractivity contribution >= 4 is 23.3 Å². The number of rotatable bonds is 7. The minimum Gasteiger partial charge on any atom is -0.405 e. The van der Waals surface area contributed by atoms with E-state index in [0.29, 0.717) is 31.5 Å². The van der Waals surface area contributed by atoms with Crippen LogP contribution in [0.1, 0.15) is 43.3 Å². The molecule has 2 rings (SSSR count). The molecule has 1 unspecified atom stereocenters. The van der Waals surface area contributed by atoms with Crippen LogP contribution < -0.4 is 16.8 Å². The van der Waals surface area contributed by atoms with E-state index in [1.807, 2.05) is 0 Å². The molecule has 33 heavy (non-hydrogen) atoms. The lowest BCUT2D eigenvalue weighted by Gasteiger charge is -2.33. The normalized spacial score (nSPS) is 16.8. The second-order valence-corrected chi connectivity index (χ2v) is 7.96. The number of aliphatic imine (C=N–C) groups is 1. The van der Waals surface area contributed by atoms with Crippen LogP contribution in [-0.2, 0) is 22.2 Å². The highest BCUT2D eigenvalue weighted by Gasteiger charge is 2.36. The van der Waals surface area contributed by atoms with Gasteiger partial charge >= 0.3 is 6.18 Å². The molecule has 1 aromatic heterocycles. The first-order chi connectivity index (χ1) is 15.5. The molecule has 0 radical (unpaired) electrons. The van der Waals surface area contributed by atoms with Crippen molar-refractivity contribution in [3.8, 4) is 0 Å². The van der Waals surface area contributed by atoms with Gasteiger partial charge in [-0.1, -0.05) is 0 Å². The maximum atomic E-state index is 12.8. The van der Waals surface area contributed by atoms with E-state index in [-0.39, 0.29) is 29.0 Å². The van der Waals surface area contributed by atoms with Crippen LogP contribution in [0.4, 0.5) is 19.0 Å². The molecule has 0 aromatic carbocycles. The smallest absolute Gasteiger partial charge is 0.405 e. The average Bonchev–Trinajstić information content (AvgIpc) is 2.75. The van der Waals surface area contributed by atoms with Gasteiger partial charge in [-0.2, -0.15) is 13.2 Å². The monoisotopic (exact) mass is 469 g/mol. The van der Waals surface area contributed by atoms with Crippen LogP contribution >= 0.6 is 0 Å². The summed E-state index contributed by atoms with van der Waals surface area (Å²) in [7, 11) is 1.46. The average molecular weight is 470 g/mol. The number of anilines is 1. The number of nitrogen functional groups attached to an aromatic ring is 1. The predicted molar refractivity (Wildman–Crippen MR) is 118 cm³/mol. The van der Waals surface area contributed by atoms with E-state index in [4.69, 9.17) is 11.5 Å². The fourth-order valence-corrected chi connectivity index (χ4v) is 3.79. The molecule has 0 aliphatic carbocycles. The van der Waals surface area contributed by atoms with E-state index in [1.54, 1.807) is 11.8 Å². The summed E-state index contributed by atoms with van der Waals surface area (Å²) >= 11 is 0. The summed E-state index contributed by atoms with van der Waals surface area (Å²) in [4.78, 5) is 37.3. The van der Waals surface area contributed by atoms with Crippen molar-refractivity contribution < 1.29 is 22.8 Å². The van der Waals surface area contributed by atoms with E-state index < -0.39 is 23.9 Å². The van der Waals surface area contributed by atoms with Crippen LogP contribution in [0.25, 0.3) is 0 Å². The van der Waals surface area contributed by atoms with E-state index in [1.165, 1.54) is 26.2 Å². The summed E-state index contributed by atoms with van der Waals surface area (Å²) in [5.74, 6) is -1.77. The summed E-state index contributed by atoms with van der Waals surface area (Å²) in [5.41, 5.74) is 11.9. The first kappa shape index (κ1) is 26.1. The fraction of sp³-hybridized carbons (Fsp3) is 0.571. The van der Waals surface area contributed by atoms with Gasteiger partial charge in [-0.25, -0.2) is 9.97 Å². The van der Waals surface area contributed by atoms with Gasteiger partial charge in [-0.3, -0.25) is 14.6 Å². The number of piperidine rings is 1. The first-order valence-electron chi connectivity index (χ1n) is 10.6. The van der Waals surface area contributed by atoms with Gasteiger partial charge < -0.3 is 21.7 Å². The Morgan fingerprint density at radius 3 is 2.45 bits per heavy atom. The molecule has 1 saturated heterocycles. The van der Waals surface area contributed by atoms with Gasteiger partial charge in [0.1, 0.15) is 17.6 Å². The molecule has 0 saturated carbocycles. The van der Waals surface area contributed by atoms with Crippen LogP contribution in [0.15, 0.2) is 17.3 Å². The molecule has 5 N–H and O–H groups in total. The van der Waals surface area contributed by atoms with Crippen LogP contribution in [0.3, 0.4) is 0 Å². The Kier molecular flexibility index (Phi) is 8.77. The zero-order valence-corrected chi connectivity index (χ0v) is 18.9. The van der Waals surface area contributed by atoms with Crippen LogP contribution in [0.2, 0.25) is 0 Å². The molecule has 0 spiro atoms. The molecular formula is C21H30F3N7O2. The molecule has 2 amide bonds. The molecule has 1 aromatic rings. The van der Waals surface area contributed by atoms with E-state index in [9.17, 15) is 22.8 Å². The first-order valence-corrected chi connectivity index (χ1v) is 10.6. The zero-order chi connectivity index (χ0) is 24.8. The Bertz CT molecular complexity index is 900. The van der Waals surface area contributed by atoms with Crippen molar-refractivity contribution in [1.29, 1.82) is 0 Å². The molecule has 1 fully saturated rings. The number of carbonyl (C=O) groups is 2. The van der Waals surface area contributed by atoms with E-state index in [2.05, 4.69) is 20.3 Å². The Morgan fingerprint density at radius 2 is 1.94 bits per heavy atom. The third-order valence-electron chi connectivity index (χ3n) is 5.67. The van der Waals surface area contributed by atoms with Gasteiger partial charge in [0, 0.05) is 31.4 Å². The van der Waals surface area contributed by atoms with E-state index >= 15 is 0 Å². The van der Waals surface area contributed by atoms with Gasteiger partial charge in [-0.05, 0) is 57.7 Å². The third kappa shape index (κ3) is 6.90. The minimum atomic E-state index is -4.64. The Labute approximate surface area is 190 Å². The largest absolute Gasteiger partial charge is 0.451 e. The second kappa shape index (κ2) is 11.1. The second-order valence-electron chi connectivity index (χ2n) is 7.96. The van der Waals surface area contributed by atoms with Crippen LogP contribution in [-0.4, -0.2) is 58.6 Å². The molecule has 2 heterocycles. The summed E-state index contributed by atoms with van der Waals surface area (Å²) in [6.07, 6.45) is 0.568. The lowest BCUT2D eigenvalue weighted by Crippen LogP contribution is -2.50. The highest BCUT2D eigenvalue weighted by molar-refractivity contribution is 6.43. The van der Waals surface area contributed by atoms with Crippen molar-refractivity contribution in [1.82, 2.24) is 20.2 Å².